The molecule has 0 atom stereocenters. The van der Waals surface area contributed by atoms with Gasteiger partial charge >= 0.3 is 10.2 Å². The molecule has 0 radical (unpaired) electrons. The molecule has 1 aromatic heterocycles. The first-order chi connectivity index (χ1) is 13.4. The third kappa shape index (κ3) is 3.76. The number of halogens is 1. The Labute approximate surface area is 172 Å². The Morgan fingerprint density at radius 3 is 2.75 bits per heavy atom. The third-order valence-corrected chi connectivity index (χ3v) is 7.07. The van der Waals surface area contributed by atoms with Crippen LogP contribution in [0.3, 0.4) is 0 Å². The first-order valence-corrected chi connectivity index (χ1v) is 11.2. The summed E-state index contributed by atoms with van der Waals surface area (Å²) >= 11 is 7.53. The van der Waals surface area contributed by atoms with E-state index in [1.165, 1.54) is 15.6 Å². The summed E-state index contributed by atoms with van der Waals surface area (Å²) in [6.45, 7) is 0.315. The van der Waals surface area contributed by atoms with Crippen molar-refractivity contribution >= 4 is 44.7 Å². The molecule has 28 heavy (non-hydrogen) atoms. The SMILES string of the molecule is O=C(Cc1csc(-c2ccccc2Cl)n1)NS(=O)(=O)N1CCc2ccccc21. The summed E-state index contributed by atoms with van der Waals surface area (Å²) < 4.78 is 28.6. The zero-order valence-electron chi connectivity index (χ0n) is 14.6. The van der Waals surface area contributed by atoms with Gasteiger partial charge in [-0.2, -0.15) is 8.42 Å². The molecule has 0 saturated heterocycles. The minimum atomic E-state index is -3.96. The minimum absolute atomic E-state index is 0.129. The van der Waals surface area contributed by atoms with E-state index in [2.05, 4.69) is 9.71 Å². The number of thiazole rings is 1. The van der Waals surface area contributed by atoms with Crippen LogP contribution in [0, 0.1) is 0 Å². The predicted molar refractivity (Wildman–Crippen MR) is 111 cm³/mol. The van der Waals surface area contributed by atoms with Gasteiger partial charge in [0.25, 0.3) is 0 Å². The summed E-state index contributed by atoms with van der Waals surface area (Å²) in [6, 6.07) is 14.6. The highest BCUT2D eigenvalue weighted by Gasteiger charge is 2.30. The molecule has 0 aliphatic carbocycles. The maximum atomic E-state index is 12.6. The molecule has 9 heteroatoms. The van der Waals surface area contributed by atoms with Gasteiger partial charge in [0.2, 0.25) is 5.91 Å². The summed E-state index contributed by atoms with van der Waals surface area (Å²) in [5.41, 5.74) is 2.83. The lowest BCUT2D eigenvalue weighted by Gasteiger charge is -2.19. The second-order valence-electron chi connectivity index (χ2n) is 6.28. The Bertz CT molecular complexity index is 1140. The monoisotopic (exact) mass is 433 g/mol. The van der Waals surface area contributed by atoms with E-state index in [4.69, 9.17) is 11.6 Å². The van der Waals surface area contributed by atoms with Crippen LogP contribution in [0.2, 0.25) is 5.02 Å². The van der Waals surface area contributed by atoms with Crippen molar-refractivity contribution in [3.63, 3.8) is 0 Å². The molecule has 1 aliphatic rings. The number of amides is 1. The molecule has 0 fully saturated rings. The molecule has 0 unspecified atom stereocenters. The quantitative estimate of drug-likeness (QED) is 0.668. The number of anilines is 1. The van der Waals surface area contributed by atoms with E-state index < -0.39 is 16.1 Å². The first-order valence-electron chi connectivity index (χ1n) is 8.54. The average Bonchev–Trinajstić information content (AvgIpc) is 3.28. The van der Waals surface area contributed by atoms with Crippen LogP contribution >= 0.6 is 22.9 Å². The lowest BCUT2D eigenvalue weighted by molar-refractivity contribution is -0.118. The van der Waals surface area contributed by atoms with E-state index in [0.717, 1.165) is 11.1 Å². The van der Waals surface area contributed by atoms with E-state index in [1.54, 1.807) is 23.6 Å². The average molecular weight is 434 g/mol. The van der Waals surface area contributed by atoms with Gasteiger partial charge in [-0.15, -0.1) is 11.3 Å². The number of carbonyl (C=O) groups is 1. The Hall–Kier alpha value is -2.42. The largest absolute Gasteiger partial charge is 0.326 e. The fraction of sp³-hybridized carbons (Fsp3) is 0.158. The standard InChI is InChI=1S/C19H16ClN3O3S2/c20-16-7-3-2-6-15(16)19-21-14(12-27-19)11-18(24)22-28(25,26)23-10-9-13-5-1-4-8-17(13)23/h1-8,12H,9-11H2,(H,22,24). The van der Waals surface area contributed by atoms with Crippen LogP contribution in [0.15, 0.2) is 53.9 Å². The normalized spacial score (nSPS) is 13.4. The molecule has 1 N–H and O–H groups in total. The second-order valence-corrected chi connectivity index (χ2v) is 9.14. The molecule has 2 aromatic carbocycles. The van der Waals surface area contributed by atoms with E-state index in [-0.39, 0.29) is 6.42 Å². The van der Waals surface area contributed by atoms with E-state index in [0.29, 0.717) is 34.4 Å². The van der Waals surface area contributed by atoms with E-state index in [1.807, 2.05) is 30.3 Å². The van der Waals surface area contributed by atoms with Crippen LogP contribution in [0.5, 0.6) is 0 Å². The molecule has 2 heterocycles. The molecule has 1 amide bonds. The molecular weight excluding hydrogens is 418 g/mol. The van der Waals surface area contributed by atoms with Crippen molar-refractivity contribution < 1.29 is 13.2 Å². The smallest absolute Gasteiger partial charge is 0.274 e. The van der Waals surface area contributed by atoms with Gasteiger partial charge in [-0.3, -0.25) is 9.10 Å². The maximum Gasteiger partial charge on any atom is 0.326 e. The number of nitrogens with one attached hydrogen (secondary N) is 1. The lowest BCUT2D eigenvalue weighted by Crippen LogP contribution is -2.43. The molecular formula is C19H16ClN3O3S2. The van der Waals surface area contributed by atoms with Gasteiger partial charge in [-0.05, 0) is 24.1 Å². The first kappa shape index (κ1) is 18.9. The molecule has 3 aromatic rings. The van der Waals surface area contributed by atoms with Gasteiger partial charge in [0.05, 0.1) is 22.8 Å². The van der Waals surface area contributed by atoms with Crippen molar-refractivity contribution in [2.24, 2.45) is 0 Å². The Morgan fingerprint density at radius 2 is 1.93 bits per heavy atom. The molecule has 0 spiro atoms. The zero-order valence-corrected chi connectivity index (χ0v) is 17.0. The number of rotatable bonds is 5. The molecule has 6 nitrogen and oxygen atoms in total. The van der Waals surface area contributed by atoms with E-state index >= 15 is 0 Å². The number of para-hydroxylation sites is 1. The van der Waals surface area contributed by atoms with Crippen LogP contribution < -0.4 is 9.03 Å². The van der Waals surface area contributed by atoms with Crippen LogP contribution in [0.25, 0.3) is 10.6 Å². The highest BCUT2D eigenvalue weighted by Crippen LogP contribution is 2.31. The Balaban J connectivity index is 1.46. The summed E-state index contributed by atoms with van der Waals surface area (Å²) in [4.78, 5) is 16.7. The number of nitrogens with zero attached hydrogens (tertiary/aromatic N) is 2. The van der Waals surface area contributed by atoms with Crippen LogP contribution in [-0.2, 0) is 27.8 Å². The number of hydrogen-bond donors (Lipinski definition) is 1. The highest BCUT2D eigenvalue weighted by atomic mass is 35.5. The number of carbonyl (C=O) groups excluding carboxylic acids is 1. The van der Waals surface area contributed by atoms with Gasteiger partial charge in [0.1, 0.15) is 5.01 Å². The minimum Gasteiger partial charge on any atom is -0.274 e. The number of hydrogen-bond acceptors (Lipinski definition) is 5. The molecule has 4 rings (SSSR count). The molecule has 144 valence electrons. The van der Waals surface area contributed by atoms with Gasteiger partial charge in [-0.25, -0.2) is 9.71 Å². The summed E-state index contributed by atoms with van der Waals surface area (Å²) in [6.07, 6.45) is 0.494. The fourth-order valence-corrected chi connectivity index (χ4v) is 5.48. The van der Waals surface area contributed by atoms with Crippen molar-refractivity contribution in [1.82, 2.24) is 9.71 Å². The molecule has 0 bridgehead atoms. The van der Waals surface area contributed by atoms with Crippen LogP contribution in [0.1, 0.15) is 11.3 Å². The fourth-order valence-electron chi connectivity index (χ4n) is 3.10. The van der Waals surface area contributed by atoms with Gasteiger partial charge in [-0.1, -0.05) is 48.0 Å². The Morgan fingerprint density at radius 1 is 1.18 bits per heavy atom. The number of benzene rings is 2. The highest BCUT2D eigenvalue weighted by molar-refractivity contribution is 7.91. The maximum absolute atomic E-state index is 12.6. The summed E-state index contributed by atoms with van der Waals surface area (Å²) in [5, 5.41) is 2.99. The summed E-state index contributed by atoms with van der Waals surface area (Å²) in [7, 11) is -3.96. The van der Waals surface area contributed by atoms with Gasteiger partial charge in [0, 0.05) is 17.5 Å². The molecule has 0 saturated carbocycles. The predicted octanol–water partition coefficient (Wildman–Crippen LogP) is 3.43. The van der Waals surface area contributed by atoms with Crippen molar-refractivity contribution in [1.29, 1.82) is 0 Å². The topological polar surface area (TPSA) is 79.4 Å². The number of aromatic nitrogens is 1. The van der Waals surface area contributed by atoms with E-state index in [9.17, 15) is 13.2 Å². The second kappa shape index (κ2) is 7.54. The van der Waals surface area contributed by atoms with Gasteiger partial charge in [0.15, 0.2) is 0 Å². The zero-order chi connectivity index (χ0) is 19.7. The van der Waals surface area contributed by atoms with Crippen LogP contribution in [-0.4, -0.2) is 25.9 Å². The Kier molecular flexibility index (Phi) is 5.09. The lowest BCUT2D eigenvalue weighted by atomic mass is 10.2. The van der Waals surface area contributed by atoms with Crippen molar-refractivity contribution in [2.75, 3.05) is 10.8 Å². The number of fused-ring (bicyclic) bond motifs is 1. The van der Waals surface area contributed by atoms with Crippen LogP contribution in [0.4, 0.5) is 5.69 Å². The van der Waals surface area contributed by atoms with Crippen molar-refractivity contribution in [3.05, 3.63) is 70.2 Å². The summed E-state index contributed by atoms with van der Waals surface area (Å²) in [5.74, 6) is -0.625. The molecule has 1 aliphatic heterocycles. The van der Waals surface area contributed by atoms with Gasteiger partial charge < -0.3 is 0 Å². The van der Waals surface area contributed by atoms with Crippen molar-refractivity contribution in [2.45, 2.75) is 12.8 Å². The van der Waals surface area contributed by atoms with Crippen molar-refractivity contribution in [3.8, 4) is 10.6 Å². The third-order valence-electron chi connectivity index (χ3n) is 4.38.